The van der Waals surface area contributed by atoms with Crippen molar-refractivity contribution in [3.63, 3.8) is 0 Å². The second-order valence-corrected chi connectivity index (χ2v) is 8.37. The number of nitrogens with one attached hydrogen (secondary N) is 2. The first-order chi connectivity index (χ1) is 18.1. The summed E-state index contributed by atoms with van der Waals surface area (Å²) in [5.74, 6) is 0.234. The van der Waals surface area contributed by atoms with Crippen LogP contribution in [0.15, 0.2) is 90.0 Å². The number of carbonyl (C=O) groups excluding carboxylic acids is 2. The van der Waals surface area contributed by atoms with Crippen LogP contribution >= 0.6 is 0 Å². The number of ether oxygens (including phenoxy) is 2. The monoisotopic (exact) mass is 495 g/mol. The zero-order valence-electron chi connectivity index (χ0n) is 20.9. The van der Waals surface area contributed by atoms with E-state index in [-0.39, 0.29) is 6.42 Å². The number of benzene rings is 4. The number of carbonyl (C=O) groups is 2. The summed E-state index contributed by atoms with van der Waals surface area (Å²) in [6.07, 6.45) is 1.93. The number of hydrazone groups is 1. The van der Waals surface area contributed by atoms with Crippen molar-refractivity contribution in [2.45, 2.75) is 26.4 Å². The lowest BCUT2D eigenvalue weighted by molar-refractivity contribution is -0.126. The van der Waals surface area contributed by atoms with E-state index in [9.17, 15) is 9.59 Å². The molecule has 0 bridgehead atoms. The number of nitrogens with zero attached hydrogens (tertiary/aromatic N) is 1. The summed E-state index contributed by atoms with van der Waals surface area (Å²) in [4.78, 5) is 24.4. The standard InChI is InChI=1S/C30H29N3O4/c1-3-22-9-5-7-14-26(22)32-29(34)18-30(35)33-31-19-21-15-16-27(28(17-21)36-2)37-20-24-12-8-11-23-10-4-6-13-25(23)24/h4-17,19H,3,18,20H2,1-2H3,(H,32,34)(H,33,35). The fourth-order valence-electron chi connectivity index (χ4n) is 3.97. The third-order valence-electron chi connectivity index (χ3n) is 5.85. The second kappa shape index (κ2) is 12.4. The van der Waals surface area contributed by atoms with Crippen molar-refractivity contribution in [1.29, 1.82) is 0 Å². The molecule has 0 heterocycles. The molecule has 0 radical (unpaired) electrons. The lowest BCUT2D eigenvalue weighted by Crippen LogP contribution is -2.25. The molecule has 2 amide bonds. The van der Waals surface area contributed by atoms with Crippen LogP contribution in [0.1, 0.15) is 30.0 Å². The predicted octanol–water partition coefficient (Wildman–Crippen LogP) is 5.47. The number of para-hydroxylation sites is 1. The molecule has 0 saturated heterocycles. The van der Waals surface area contributed by atoms with Gasteiger partial charge in [-0.1, -0.05) is 67.6 Å². The molecule has 0 atom stereocenters. The van der Waals surface area contributed by atoms with E-state index < -0.39 is 11.8 Å². The zero-order valence-corrected chi connectivity index (χ0v) is 20.9. The highest BCUT2D eigenvalue weighted by Crippen LogP contribution is 2.29. The summed E-state index contributed by atoms with van der Waals surface area (Å²) in [7, 11) is 1.57. The largest absolute Gasteiger partial charge is 0.493 e. The number of rotatable bonds is 10. The SMILES string of the molecule is CCc1ccccc1NC(=O)CC(=O)NN=Cc1ccc(OCc2cccc3ccccc23)c(OC)c1. The van der Waals surface area contributed by atoms with E-state index in [1.807, 2.05) is 61.5 Å². The lowest BCUT2D eigenvalue weighted by atomic mass is 10.1. The van der Waals surface area contributed by atoms with Gasteiger partial charge >= 0.3 is 0 Å². The molecule has 188 valence electrons. The Labute approximate surface area is 216 Å². The van der Waals surface area contributed by atoms with Gasteiger partial charge in [0.15, 0.2) is 11.5 Å². The molecule has 37 heavy (non-hydrogen) atoms. The van der Waals surface area contributed by atoms with Gasteiger partial charge in [0.1, 0.15) is 13.0 Å². The molecule has 0 fully saturated rings. The molecule has 0 saturated carbocycles. The summed E-state index contributed by atoms with van der Waals surface area (Å²) < 4.78 is 11.5. The maximum absolute atomic E-state index is 12.2. The van der Waals surface area contributed by atoms with Gasteiger partial charge in [-0.15, -0.1) is 0 Å². The number of methoxy groups -OCH3 is 1. The average Bonchev–Trinajstić information content (AvgIpc) is 2.92. The van der Waals surface area contributed by atoms with Crippen molar-refractivity contribution in [2.24, 2.45) is 5.10 Å². The molecule has 0 aliphatic heterocycles. The van der Waals surface area contributed by atoms with E-state index in [0.29, 0.717) is 29.4 Å². The lowest BCUT2D eigenvalue weighted by Gasteiger charge is -2.12. The first kappa shape index (κ1) is 25.4. The normalized spacial score (nSPS) is 10.9. The highest BCUT2D eigenvalue weighted by Gasteiger charge is 2.11. The predicted molar refractivity (Wildman–Crippen MR) is 146 cm³/mol. The minimum Gasteiger partial charge on any atom is -0.493 e. The quantitative estimate of drug-likeness (QED) is 0.173. The molecule has 4 aromatic rings. The molecule has 7 nitrogen and oxygen atoms in total. The van der Waals surface area contributed by atoms with Gasteiger partial charge in [0.05, 0.1) is 13.3 Å². The molecule has 4 rings (SSSR count). The van der Waals surface area contributed by atoms with Crippen LogP contribution in [0.3, 0.4) is 0 Å². The van der Waals surface area contributed by atoms with E-state index in [0.717, 1.165) is 28.3 Å². The Hall–Kier alpha value is -4.65. The van der Waals surface area contributed by atoms with Gasteiger partial charge in [0, 0.05) is 5.69 Å². The van der Waals surface area contributed by atoms with Gasteiger partial charge in [-0.2, -0.15) is 5.10 Å². The first-order valence-electron chi connectivity index (χ1n) is 12.0. The van der Waals surface area contributed by atoms with Gasteiger partial charge < -0.3 is 14.8 Å². The summed E-state index contributed by atoms with van der Waals surface area (Å²) in [5.41, 5.74) is 5.89. The molecule has 0 spiro atoms. The smallest absolute Gasteiger partial charge is 0.249 e. The van der Waals surface area contributed by atoms with Crippen molar-refractivity contribution in [3.05, 3.63) is 102 Å². The number of amides is 2. The van der Waals surface area contributed by atoms with Crippen LogP contribution < -0.4 is 20.2 Å². The maximum atomic E-state index is 12.2. The molecule has 0 unspecified atom stereocenters. The van der Waals surface area contributed by atoms with E-state index >= 15 is 0 Å². The summed E-state index contributed by atoms with van der Waals surface area (Å²) in [6.45, 7) is 2.40. The topological polar surface area (TPSA) is 89.0 Å². The number of hydrogen-bond donors (Lipinski definition) is 2. The molecule has 4 aromatic carbocycles. The number of anilines is 1. The van der Waals surface area contributed by atoms with E-state index in [1.165, 1.54) is 6.21 Å². The number of fused-ring (bicyclic) bond motifs is 1. The van der Waals surface area contributed by atoms with Crippen molar-refractivity contribution >= 4 is 34.5 Å². The number of aryl methyl sites for hydroxylation is 1. The van der Waals surface area contributed by atoms with Gasteiger partial charge in [-0.25, -0.2) is 5.43 Å². The molecule has 0 aliphatic carbocycles. The molecular formula is C30H29N3O4. The van der Waals surface area contributed by atoms with Crippen LogP contribution in [0.2, 0.25) is 0 Å². The van der Waals surface area contributed by atoms with Crippen molar-refractivity contribution in [3.8, 4) is 11.5 Å². The van der Waals surface area contributed by atoms with Crippen molar-refractivity contribution < 1.29 is 19.1 Å². The number of hydrogen-bond acceptors (Lipinski definition) is 5. The van der Waals surface area contributed by atoms with Crippen LogP contribution in [-0.4, -0.2) is 25.1 Å². The molecule has 2 N–H and O–H groups in total. The van der Waals surface area contributed by atoms with E-state index in [4.69, 9.17) is 9.47 Å². The summed E-state index contributed by atoms with van der Waals surface area (Å²) in [6, 6.07) is 27.2. The molecular weight excluding hydrogens is 466 g/mol. The molecule has 0 aromatic heterocycles. The Kier molecular flexibility index (Phi) is 8.49. The third kappa shape index (κ3) is 6.73. The first-order valence-corrected chi connectivity index (χ1v) is 12.0. The minimum atomic E-state index is -0.510. The van der Waals surface area contributed by atoms with Gasteiger partial charge in [0.25, 0.3) is 0 Å². The van der Waals surface area contributed by atoms with Crippen molar-refractivity contribution in [1.82, 2.24) is 5.43 Å². The van der Waals surface area contributed by atoms with Crippen LogP contribution in [-0.2, 0) is 22.6 Å². The summed E-state index contributed by atoms with van der Waals surface area (Å²) in [5, 5.41) is 9.05. The Morgan fingerprint density at radius 3 is 2.46 bits per heavy atom. The molecule has 0 aliphatic rings. The third-order valence-corrected chi connectivity index (χ3v) is 5.85. The van der Waals surface area contributed by atoms with Crippen molar-refractivity contribution in [2.75, 3.05) is 12.4 Å². The van der Waals surface area contributed by atoms with E-state index in [2.05, 4.69) is 34.0 Å². The fourth-order valence-corrected chi connectivity index (χ4v) is 3.97. The van der Waals surface area contributed by atoms with Crippen LogP contribution in [0.25, 0.3) is 10.8 Å². The minimum absolute atomic E-state index is 0.334. The Balaban J connectivity index is 1.32. The zero-order chi connectivity index (χ0) is 26.0. The Morgan fingerprint density at radius 2 is 1.62 bits per heavy atom. The molecule has 7 heteroatoms. The van der Waals surface area contributed by atoms with Gasteiger partial charge in [-0.05, 0) is 58.1 Å². The highest BCUT2D eigenvalue weighted by molar-refractivity contribution is 6.04. The van der Waals surface area contributed by atoms with Gasteiger partial charge in [0.2, 0.25) is 11.8 Å². The fraction of sp³-hybridized carbons (Fsp3) is 0.167. The second-order valence-electron chi connectivity index (χ2n) is 8.37. The average molecular weight is 496 g/mol. The van der Waals surface area contributed by atoms with Crippen LogP contribution in [0.4, 0.5) is 5.69 Å². The van der Waals surface area contributed by atoms with E-state index in [1.54, 1.807) is 19.2 Å². The highest BCUT2D eigenvalue weighted by atomic mass is 16.5. The maximum Gasteiger partial charge on any atom is 0.249 e. The van der Waals surface area contributed by atoms with Gasteiger partial charge in [-0.3, -0.25) is 9.59 Å². The Morgan fingerprint density at radius 1 is 0.865 bits per heavy atom. The summed E-state index contributed by atoms with van der Waals surface area (Å²) >= 11 is 0. The Bertz CT molecular complexity index is 1430. The van der Waals surface area contributed by atoms with Crippen LogP contribution in [0, 0.1) is 0 Å². The van der Waals surface area contributed by atoms with Crippen LogP contribution in [0.5, 0.6) is 11.5 Å².